The largest absolute Gasteiger partial charge is 0.493 e. The summed E-state index contributed by atoms with van der Waals surface area (Å²) >= 11 is 0. The lowest BCUT2D eigenvalue weighted by Gasteiger charge is -2.40. The molecule has 1 aromatic heterocycles. The number of benzene rings is 2. The number of carboxylic acid groups (broad SMARTS) is 1. The van der Waals surface area contributed by atoms with E-state index in [2.05, 4.69) is 13.8 Å². The lowest BCUT2D eigenvalue weighted by atomic mass is 10.1. The number of anilines is 1. The first-order valence-electron chi connectivity index (χ1n) is 12.6. The number of carbonyl (C=O) groups is 2. The van der Waals surface area contributed by atoms with Crippen molar-refractivity contribution in [3.63, 3.8) is 0 Å². The summed E-state index contributed by atoms with van der Waals surface area (Å²) in [7, 11) is 1.62. The molecule has 192 valence electrons. The van der Waals surface area contributed by atoms with Gasteiger partial charge in [-0.2, -0.15) is 0 Å². The summed E-state index contributed by atoms with van der Waals surface area (Å²) in [4.78, 5) is 28.6. The number of aromatic nitrogens is 1. The molecule has 2 heterocycles. The third kappa shape index (κ3) is 5.42. The summed E-state index contributed by atoms with van der Waals surface area (Å²) in [6.07, 6.45) is 5.81. The first-order chi connectivity index (χ1) is 17.4. The number of fused-ring (bicyclic) bond motifs is 1. The van der Waals surface area contributed by atoms with Gasteiger partial charge in [0.05, 0.1) is 13.7 Å². The Morgan fingerprint density at radius 3 is 2.72 bits per heavy atom. The minimum absolute atomic E-state index is 0.0576. The molecule has 0 radical (unpaired) electrons. The van der Waals surface area contributed by atoms with E-state index in [1.807, 2.05) is 47.4 Å². The smallest absolute Gasteiger partial charge is 0.325 e. The standard InChI is InChI=1S/C28H35N3O5/c1-4-5-6-16-36-26-17-22(10-11-25(26)35-3)30-15-12-20(2)31(28(30)34)18-21-8-7-9-24-23(21)13-14-29(24)19-27(32)33/h7-11,13-14,17,20H,4-6,12,15-16,18-19H2,1-3H3,(H,32,33)/t20-/m1/s1. The first kappa shape index (κ1) is 25.4. The molecule has 1 aliphatic heterocycles. The van der Waals surface area contributed by atoms with Gasteiger partial charge in [0.1, 0.15) is 6.54 Å². The third-order valence-electron chi connectivity index (χ3n) is 6.79. The van der Waals surface area contributed by atoms with Crippen LogP contribution in [0.2, 0.25) is 0 Å². The SMILES string of the molecule is CCCCCOc1cc(N2CC[C@@H](C)N(Cc3cccc4c3ccn4CC(=O)O)C2=O)ccc1OC. The summed E-state index contributed by atoms with van der Waals surface area (Å²) in [6.45, 7) is 5.80. The van der Waals surface area contributed by atoms with Crippen LogP contribution in [0.25, 0.3) is 10.9 Å². The van der Waals surface area contributed by atoms with Gasteiger partial charge in [0.25, 0.3) is 0 Å². The maximum Gasteiger partial charge on any atom is 0.325 e. The predicted octanol–water partition coefficient (Wildman–Crippen LogP) is 5.52. The van der Waals surface area contributed by atoms with Crippen LogP contribution in [0.5, 0.6) is 11.5 Å². The van der Waals surface area contributed by atoms with Crippen LogP contribution < -0.4 is 14.4 Å². The van der Waals surface area contributed by atoms with E-state index in [0.717, 1.165) is 47.8 Å². The number of amides is 2. The molecular formula is C28H35N3O5. The first-order valence-corrected chi connectivity index (χ1v) is 12.6. The number of carbonyl (C=O) groups excluding carboxylic acids is 1. The normalized spacial score (nSPS) is 16.0. The van der Waals surface area contributed by atoms with E-state index in [1.165, 1.54) is 0 Å². The minimum Gasteiger partial charge on any atom is -0.493 e. The lowest BCUT2D eigenvalue weighted by molar-refractivity contribution is -0.137. The second-order valence-electron chi connectivity index (χ2n) is 9.28. The van der Waals surface area contributed by atoms with Gasteiger partial charge in [0, 0.05) is 48.0 Å². The van der Waals surface area contributed by atoms with E-state index in [0.29, 0.717) is 31.2 Å². The zero-order valence-electron chi connectivity index (χ0n) is 21.3. The van der Waals surface area contributed by atoms with Crippen LogP contribution in [0.15, 0.2) is 48.7 Å². The molecule has 0 saturated carbocycles. The van der Waals surface area contributed by atoms with E-state index in [-0.39, 0.29) is 18.6 Å². The molecule has 1 aliphatic rings. The highest BCUT2D eigenvalue weighted by Gasteiger charge is 2.32. The summed E-state index contributed by atoms with van der Waals surface area (Å²) in [5.41, 5.74) is 2.63. The molecule has 0 spiro atoms. The van der Waals surface area contributed by atoms with Crippen molar-refractivity contribution in [2.75, 3.05) is 25.2 Å². The van der Waals surface area contributed by atoms with Crippen LogP contribution >= 0.6 is 0 Å². The Labute approximate surface area is 212 Å². The van der Waals surface area contributed by atoms with E-state index in [9.17, 15) is 14.7 Å². The minimum atomic E-state index is -0.887. The summed E-state index contributed by atoms with van der Waals surface area (Å²) in [6, 6.07) is 13.4. The van der Waals surface area contributed by atoms with Crippen molar-refractivity contribution in [3.8, 4) is 11.5 Å². The molecule has 2 aromatic carbocycles. The van der Waals surface area contributed by atoms with E-state index < -0.39 is 5.97 Å². The van der Waals surface area contributed by atoms with Crippen LogP contribution in [0, 0.1) is 0 Å². The Balaban J connectivity index is 1.56. The molecule has 1 atom stereocenters. The monoisotopic (exact) mass is 493 g/mol. The highest BCUT2D eigenvalue weighted by molar-refractivity contribution is 5.94. The van der Waals surface area contributed by atoms with Crippen LogP contribution in [0.4, 0.5) is 10.5 Å². The fourth-order valence-electron chi connectivity index (χ4n) is 4.75. The van der Waals surface area contributed by atoms with Gasteiger partial charge in [-0.25, -0.2) is 4.79 Å². The second kappa shape index (κ2) is 11.4. The molecule has 3 aromatic rings. The molecule has 2 amide bonds. The molecule has 8 heteroatoms. The Morgan fingerprint density at radius 2 is 1.97 bits per heavy atom. The Morgan fingerprint density at radius 1 is 1.14 bits per heavy atom. The van der Waals surface area contributed by atoms with Gasteiger partial charge in [-0.1, -0.05) is 31.9 Å². The van der Waals surface area contributed by atoms with Crippen molar-refractivity contribution < 1.29 is 24.2 Å². The van der Waals surface area contributed by atoms with Crippen LogP contribution in [0.3, 0.4) is 0 Å². The van der Waals surface area contributed by atoms with E-state index in [4.69, 9.17) is 9.47 Å². The molecule has 4 rings (SSSR count). The van der Waals surface area contributed by atoms with Gasteiger partial charge < -0.3 is 24.0 Å². The second-order valence-corrected chi connectivity index (χ2v) is 9.28. The van der Waals surface area contributed by atoms with Crippen molar-refractivity contribution >= 4 is 28.6 Å². The van der Waals surface area contributed by atoms with Crippen LogP contribution in [-0.2, 0) is 17.9 Å². The number of ether oxygens (including phenoxy) is 2. The number of nitrogens with zero attached hydrogens (tertiary/aromatic N) is 3. The van der Waals surface area contributed by atoms with Crippen molar-refractivity contribution in [3.05, 3.63) is 54.2 Å². The lowest BCUT2D eigenvalue weighted by Crippen LogP contribution is -2.53. The maximum atomic E-state index is 13.7. The number of methoxy groups -OCH3 is 1. The zero-order chi connectivity index (χ0) is 25.7. The number of aliphatic carboxylic acids is 1. The van der Waals surface area contributed by atoms with Gasteiger partial charge >= 0.3 is 12.0 Å². The summed E-state index contributed by atoms with van der Waals surface area (Å²) in [5.74, 6) is 0.415. The Kier molecular flexibility index (Phi) is 8.03. The molecule has 36 heavy (non-hydrogen) atoms. The number of unbranched alkanes of at least 4 members (excludes halogenated alkanes) is 2. The number of urea groups is 1. The van der Waals surface area contributed by atoms with Gasteiger partial charge in [0.2, 0.25) is 0 Å². The van der Waals surface area contributed by atoms with Crippen molar-refractivity contribution in [2.24, 2.45) is 0 Å². The molecule has 0 bridgehead atoms. The Bertz CT molecular complexity index is 1220. The molecule has 1 saturated heterocycles. The molecule has 1 fully saturated rings. The maximum absolute atomic E-state index is 13.7. The van der Waals surface area contributed by atoms with Crippen molar-refractivity contribution in [1.82, 2.24) is 9.47 Å². The fraction of sp³-hybridized carbons (Fsp3) is 0.429. The van der Waals surface area contributed by atoms with Crippen LogP contribution in [0.1, 0.15) is 45.1 Å². The highest BCUT2D eigenvalue weighted by Crippen LogP contribution is 2.34. The zero-order valence-corrected chi connectivity index (χ0v) is 21.3. The molecule has 1 N–H and O–H groups in total. The van der Waals surface area contributed by atoms with Crippen molar-refractivity contribution in [2.45, 2.75) is 58.7 Å². The predicted molar refractivity (Wildman–Crippen MR) is 140 cm³/mol. The van der Waals surface area contributed by atoms with Gasteiger partial charge in [-0.15, -0.1) is 0 Å². The average Bonchev–Trinajstić information content (AvgIpc) is 3.27. The molecular weight excluding hydrogens is 458 g/mol. The fourth-order valence-corrected chi connectivity index (χ4v) is 4.75. The highest BCUT2D eigenvalue weighted by atomic mass is 16.5. The third-order valence-corrected chi connectivity index (χ3v) is 6.79. The van der Waals surface area contributed by atoms with Gasteiger partial charge in [0.15, 0.2) is 11.5 Å². The number of rotatable bonds is 11. The number of carboxylic acids is 1. The molecule has 0 unspecified atom stereocenters. The van der Waals surface area contributed by atoms with Gasteiger partial charge in [-0.05, 0) is 49.6 Å². The number of hydrogen-bond donors (Lipinski definition) is 1. The number of hydrogen-bond acceptors (Lipinski definition) is 4. The molecule has 8 nitrogen and oxygen atoms in total. The quantitative estimate of drug-likeness (QED) is 0.355. The summed E-state index contributed by atoms with van der Waals surface area (Å²) < 4.78 is 13.2. The van der Waals surface area contributed by atoms with Gasteiger partial charge in [-0.3, -0.25) is 9.69 Å². The average molecular weight is 494 g/mol. The van der Waals surface area contributed by atoms with Crippen molar-refractivity contribution in [1.29, 1.82) is 0 Å². The Hall–Kier alpha value is -3.68. The van der Waals surface area contributed by atoms with E-state index >= 15 is 0 Å². The topological polar surface area (TPSA) is 84.2 Å². The van der Waals surface area contributed by atoms with E-state index in [1.54, 1.807) is 22.8 Å². The molecule has 0 aliphatic carbocycles. The van der Waals surface area contributed by atoms with Crippen LogP contribution in [-0.4, -0.2) is 52.9 Å². The summed E-state index contributed by atoms with van der Waals surface area (Å²) in [5, 5.41) is 10.2.